The molecule has 9 heteroatoms. The second kappa shape index (κ2) is 9.60. The average Bonchev–Trinajstić information content (AvgIpc) is 3.38. The molecule has 174 valence electrons. The summed E-state index contributed by atoms with van der Waals surface area (Å²) in [6.45, 7) is 0. The van der Waals surface area contributed by atoms with Gasteiger partial charge in [0, 0.05) is 12.6 Å². The molecule has 1 heterocycles. The van der Waals surface area contributed by atoms with Crippen LogP contribution in [0.5, 0.6) is 5.75 Å². The average molecular weight is 462 g/mol. The van der Waals surface area contributed by atoms with Crippen molar-refractivity contribution in [2.75, 3.05) is 5.75 Å². The molecule has 0 spiro atoms. The van der Waals surface area contributed by atoms with Gasteiger partial charge < -0.3 is 9.84 Å². The topological polar surface area (TPSA) is 111 Å². The van der Waals surface area contributed by atoms with Crippen LogP contribution in [0.15, 0.2) is 24.3 Å². The monoisotopic (exact) mass is 461 g/mol. The van der Waals surface area contributed by atoms with Gasteiger partial charge >= 0.3 is 5.97 Å². The van der Waals surface area contributed by atoms with Gasteiger partial charge in [0.2, 0.25) is 0 Å². The number of aromatic nitrogens is 3. The summed E-state index contributed by atoms with van der Waals surface area (Å²) in [4.78, 5) is 11.3. The quantitative estimate of drug-likeness (QED) is 0.639. The van der Waals surface area contributed by atoms with Crippen molar-refractivity contribution >= 4 is 15.8 Å². The molecule has 1 aromatic heterocycles. The molecule has 2 aromatic rings. The predicted molar refractivity (Wildman–Crippen MR) is 120 cm³/mol. The van der Waals surface area contributed by atoms with Crippen LogP contribution in [0.25, 0.3) is 11.3 Å². The van der Waals surface area contributed by atoms with Gasteiger partial charge in [-0.2, -0.15) is 0 Å². The number of carboxylic acid groups (broad SMARTS) is 1. The van der Waals surface area contributed by atoms with Crippen molar-refractivity contribution < 1.29 is 23.1 Å². The normalized spacial score (nSPS) is 22.2. The van der Waals surface area contributed by atoms with E-state index in [1.54, 1.807) is 11.7 Å². The van der Waals surface area contributed by atoms with Gasteiger partial charge in [0.15, 0.2) is 9.84 Å². The van der Waals surface area contributed by atoms with Crippen LogP contribution in [0, 0.1) is 11.8 Å². The zero-order valence-corrected chi connectivity index (χ0v) is 19.3. The van der Waals surface area contributed by atoms with Crippen molar-refractivity contribution in [2.45, 2.75) is 63.2 Å². The van der Waals surface area contributed by atoms with Crippen molar-refractivity contribution in [3.8, 4) is 17.0 Å². The molecular formula is C23H31N3O5S. The summed E-state index contributed by atoms with van der Waals surface area (Å²) in [5.41, 5.74) is 1.94. The van der Waals surface area contributed by atoms with E-state index in [0.29, 0.717) is 30.0 Å². The minimum absolute atomic E-state index is 0.0702. The molecule has 0 saturated heterocycles. The van der Waals surface area contributed by atoms with Crippen LogP contribution in [0.3, 0.4) is 0 Å². The number of nitrogens with zero attached hydrogens (tertiary/aromatic N) is 3. The third kappa shape index (κ3) is 5.49. The predicted octanol–water partition coefficient (Wildman–Crippen LogP) is 3.61. The molecule has 1 N–H and O–H groups in total. The SMILES string of the molecule is Cn1nnc(-c2ccc(O[C@H]3CCC[C@H](C(=O)O)C3)cc2)c1CS(=O)(=O)CC1CCCC1. The van der Waals surface area contributed by atoms with Crippen molar-refractivity contribution in [3.63, 3.8) is 0 Å². The van der Waals surface area contributed by atoms with Gasteiger partial charge in [-0.05, 0) is 68.7 Å². The smallest absolute Gasteiger partial charge is 0.306 e. The molecule has 0 unspecified atom stereocenters. The lowest BCUT2D eigenvalue weighted by atomic mass is 9.87. The Kier molecular flexibility index (Phi) is 6.83. The molecule has 2 aliphatic carbocycles. The molecule has 2 aliphatic rings. The number of benzene rings is 1. The largest absolute Gasteiger partial charge is 0.490 e. The molecule has 0 bridgehead atoms. The summed E-state index contributed by atoms with van der Waals surface area (Å²) < 4.78 is 33.2. The molecule has 4 rings (SSSR count). The first-order valence-electron chi connectivity index (χ1n) is 11.4. The van der Waals surface area contributed by atoms with Gasteiger partial charge in [-0.15, -0.1) is 5.10 Å². The van der Waals surface area contributed by atoms with Crippen LogP contribution in [0.4, 0.5) is 0 Å². The van der Waals surface area contributed by atoms with Crippen LogP contribution in [0.1, 0.15) is 57.1 Å². The molecule has 2 saturated carbocycles. The van der Waals surface area contributed by atoms with E-state index in [2.05, 4.69) is 10.3 Å². The number of rotatable bonds is 8. The molecule has 8 nitrogen and oxygen atoms in total. The van der Waals surface area contributed by atoms with Gasteiger partial charge in [0.25, 0.3) is 0 Å². The maximum atomic E-state index is 12.8. The minimum atomic E-state index is -3.25. The summed E-state index contributed by atoms with van der Waals surface area (Å²) in [7, 11) is -1.54. The van der Waals surface area contributed by atoms with E-state index in [1.807, 2.05) is 24.3 Å². The first-order valence-corrected chi connectivity index (χ1v) is 13.2. The number of hydrogen-bond acceptors (Lipinski definition) is 6. The molecule has 0 amide bonds. The minimum Gasteiger partial charge on any atom is -0.490 e. The van der Waals surface area contributed by atoms with E-state index < -0.39 is 15.8 Å². The summed E-state index contributed by atoms with van der Waals surface area (Å²) in [5, 5.41) is 17.5. The highest BCUT2D eigenvalue weighted by molar-refractivity contribution is 7.90. The van der Waals surface area contributed by atoms with E-state index in [1.165, 1.54) is 0 Å². The highest BCUT2D eigenvalue weighted by Gasteiger charge is 2.28. The van der Waals surface area contributed by atoms with Crippen molar-refractivity contribution in [2.24, 2.45) is 18.9 Å². The van der Waals surface area contributed by atoms with E-state index in [9.17, 15) is 18.3 Å². The maximum Gasteiger partial charge on any atom is 0.306 e. The zero-order valence-electron chi connectivity index (χ0n) is 18.4. The number of carboxylic acids is 1. The van der Waals surface area contributed by atoms with Gasteiger partial charge in [0.05, 0.1) is 29.2 Å². The van der Waals surface area contributed by atoms with Crippen molar-refractivity contribution in [3.05, 3.63) is 30.0 Å². The maximum absolute atomic E-state index is 12.8. The van der Waals surface area contributed by atoms with E-state index in [-0.39, 0.29) is 29.4 Å². The Morgan fingerprint density at radius 2 is 1.84 bits per heavy atom. The van der Waals surface area contributed by atoms with E-state index in [0.717, 1.165) is 44.1 Å². The van der Waals surface area contributed by atoms with Crippen LogP contribution < -0.4 is 4.74 Å². The number of hydrogen-bond donors (Lipinski definition) is 1. The molecular weight excluding hydrogens is 430 g/mol. The first-order chi connectivity index (χ1) is 15.3. The number of ether oxygens (including phenoxy) is 1. The van der Waals surface area contributed by atoms with Crippen LogP contribution in [-0.4, -0.2) is 46.3 Å². The van der Waals surface area contributed by atoms with E-state index >= 15 is 0 Å². The Morgan fingerprint density at radius 3 is 2.53 bits per heavy atom. The van der Waals surface area contributed by atoms with Crippen LogP contribution in [0.2, 0.25) is 0 Å². The van der Waals surface area contributed by atoms with Gasteiger partial charge in [-0.25, -0.2) is 8.42 Å². The molecule has 32 heavy (non-hydrogen) atoms. The molecule has 0 aliphatic heterocycles. The summed E-state index contributed by atoms with van der Waals surface area (Å²) >= 11 is 0. The van der Waals surface area contributed by atoms with Crippen LogP contribution in [-0.2, 0) is 27.4 Å². The lowest BCUT2D eigenvalue weighted by Gasteiger charge is -2.27. The zero-order chi connectivity index (χ0) is 22.7. The van der Waals surface area contributed by atoms with Gasteiger partial charge in [-0.3, -0.25) is 9.48 Å². The third-order valence-corrected chi connectivity index (χ3v) is 8.36. The number of aryl methyl sites for hydroxylation is 1. The highest BCUT2D eigenvalue weighted by atomic mass is 32.2. The van der Waals surface area contributed by atoms with Gasteiger partial charge in [-0.1, -0.05) is 18.1 Å². The Balaban J connectivity index is 1.45. The Morgan fingerprint density at radius 1 is 1.12 bits per heavy atom. The molecule has 2 atom stereocenters. The van der Waals surface area contributed by atoms with E-state index in [4.69, 9.17) is 4.74 Å². The fourth-order valence-corrected chi connectivity index (χ4v) is 6.84. The fraction of sp³-hybridized carbons (Fsp3) is 0.609. The standard InChI is InChI=1S/C23H31N3O5S/c1-26-21(15-32(29,30)14-16-5-2-3-6-16)22(24-25-26)17-9-11-19(12-10-17)31-20-8-4-7-18(13-20)23(27)28/h9-12,16,18,20H,2-8,13-15H2,1H3,(H,27,28)/t18-,20-/m0/s1. The summed E-state index contributed by atoms with van der Waals surface area (Å²) in [6.07, 6.45) is 7.02. The fourth-order valence-electron chi connectivity index (χ4n) is 4.93. The third-order valence-electron chi connectivity index (χ3n) is 6.67. The molecule has 0 radical (unpaired) electrons. The summed E-state index contributed by atoms with van der Waals surface area (Å²) in [5.74, 6) is -0.0127. The Bertz CT molecular complexity index is 1040. The molecule has 2 fully saturated rings. The second-order valence-electron chi connectivity index (χ2n) is 9.18. The lowest BCUT2D eigenvalue weighted by molar-refractivity contribution is -0.143. The van der Waals surface area contributed by atoms with Gasteiger partial charge in [0.1, 0.15) is 11.4 Å². The number of aliphatic carboxylic acids is 1. The summed E-state index contributed by atoms with van der Waals surface area (Å²) in [6, 6.07) is 7.35. The van der Waals surface area contributed by atoms with Crippen LogP contribution >= 0.6 is 0 Å². The molecule has 1 aromatic carbocycles. The highest BCUT2D eigenvalue weighted by Crippen LogP contribution is 2.31. The Hall–Kier alpha value is -2.42. The number of carbonyl (C=O) groups is 1. The Labute approximate surface area is 188 Å². The number of sulfone groups is 1. The first kappa shape index (κ1) is 22.8. The van der Waals surface area contributed by atoms with Crippen molar-refractivity contribution in [1.82, 2.24) is 15.0 Å². The lowest BCUT2D eigenvalue weighted by Crippen LogP contribution is -2.29. The second-order valence-corrected chi connectivity index (χ2v) is 11.3. The van der Waals surface area contributed by atoms with Crippen molar-refractivity contribution in [1.29, 1.82) is 0 Å².